The molecule has 1 aliphatic carbocycles. The van der Waals surface area contributed by atoms with Gasteiger partial charge in [-0.05, 0) is 55.3 Å². The van der Waals surface area contributed by atoms with Gasteiger partial charge < -0.3 is 21.1 Å². The largest absolute Gasteiger partial charge is 0.497 e. The Morgan fingerprint density at radius 2 is 1.82 bits per heavy atom. The van der Waals surface area contributed by atoms with Crippen molar-refractivity contribution >= 4 is 72.1 Å². The molecule has 1 fully saturated rings. The number of hydrogen-bond donors (Lipinski definition) is 4. The summed E-state index contributed by atoms with van der Waals surface area (Å²) in [4.78, 5) is 13.8. The SMILES string of the molecule is COc1ccc2nc(/C=C/c3ccccn3)nc(NC3CCCCC3NC(=N)N)c2c1.Cl.Cl.Cl. The number of guanidine groups is 1. The number of hydrogen-bond acceptors (Lipinski definition) is 6. The number of aromatic nitrogens is 3. The molecule has 1 saturated carbocycles. The molecule has 0 aliphatic heterocycles. The minimum atomic E-state index is -0.00750. The second-order valence-corrected chi connectivity index (χ2v) is 7.60. The van der Waals surface area contributed by atoms with Gasteiger partial charge in [-0.3, -0.25) is 10.4 Å². The number of nitrogens with one attached hydrogen (secondary N) is 3. The minimum absolute atomic E-state index is 0. The first-order chi connectivity index (χ1) is 15.1. The van der Waals surface area contributed by atoms with Gasteiger partial charge in [-0.25, -0.2) is 9.97 Å². The number of ether oxygens (including phenoxy) is 1. The molecule has 4 rings (SSSR count). The third-order valence-electron chi connectivity index (χ3n) is 5.44. The number of pyridine rings is 1. The van der Waals surface area contributed by atoms with Crippen molar-refractivity contribution in [1.82, 2.24) is 20.3 Å². The summed E-state index contributed by atoms with van der Waals surface area (Å²) in [6.45, 7) is 0. The molecule has 2 atom stereocenters. The van der Waals surface area contributed by atoms with E-state index >= 15 is 0 Å². The Bertz CT molecular complexity index is 1100. The maximum absolute atomic E-state index is 7.64. The highest BCUT2D eigenvalue weighted by Crippen LogP contribution is 2.29. The fourth-order valence-electron chi connectivity index (χ4n) is 3.92. The van der Waals surface area contributed by atoms with Crippen molar-refractivity contribution in [3.8, 4) is 5.75 Å². The molecule has 11 heteroatoms. The maximum Gasteiger partial charge on any atom is 0.185 e. The van der Waals surface area contributed by atoms with Crippen LogP contribution in [0.3, 0.4) is 0 Å². The van der Waals surface area contributed by atoms with Crippen molar-refractivity contribution in [2.24, 2.45) is 5.73 Å². The minimum Gasteiger partial charge on any atom is -0.497 e. The van der Waals surface area contributed by atoms with Crippen molar-refractivity contribution in [1.29, 1.82) is 5.41 Å². The Balaban J connectivity index is 0.00000193. The summed E-state index contributed by atoms with van der Waals surface area (Å²) in [7, 11) is 1.65. The summed E-state index contributed by atoms with van der Waals surface area (Å²) in [6, 6.07) is 11.7. The van der Waals surface area contributed by atoms with Gasteiger partial charge in [0.05, 0.1) is 18.3 Å². The quantitative estimate of drug-likeness (QED) is 0.272. The number of benzene rings is 1. The zero-order valence-electron chi connectivity index (χ0n) is 18.7. The molecule has 1 aliphatic rings. The first kappa shape index (κ1) is 29.2. The standard InChI is InChI=1S/C23H27N7O.3ClH/c1-31-16-10-11-18-17(14-16)22(28-19-7-2-3-8-20(19)29-23(24)25)30-21(27-18)12-9-15-6-4-5-13-26-15;;;/h4-6,9-14,19-20H,2-3,7-8H2,1H3,(H4,24,25,29)(H,27,28,30);3*1H/b12-9+;;;. The Morgan fingerprint density at radius 3 is 2.50 bits per heavy atom. The van der Waals surface area contributed by atoms with E-state index in [1.807, 2.05) is 48.6 Å². The van der Waals surface area contributed by atoms with Crippen molar-refractivity contribution in [2.45, 2.75) is 37.8 Å². The summed E-state index contributed by atoms with van der Waals surface area (Å²) < 4.78 is 5.41. The molecule has 0 saturated heterocycles. The van der Waals surface area contributed by atoms with Crippen LogP contribution in [0.1, 0.15) is 37.2 Å². The monoisotopic (exact) mass is 525 g/mol. The lowest BCUT2D eigenvalue weighted by atomic mass is 9.90. The zero-order valence-corrected chi connectivity index (χ0v) is 21.2. The van der Waals surface area contributed by atoms with Gasteiger partial charge in [0.2, 0.25) is 0 Å². The summed E-state index contributed by atoms with van der Waals surface area (Å²) in [5, 5.41) is 15.2. The maximum atomic E-state index is 7.64. The molecule has 2 unspecified atom stereocenters. The van der Waals surface area contributed by atoms with Gasteiger partial charge in [-0.1, -0.05) is 18.9 Å². The highest BCUT2D eigenvalue weighted by Gasteiger charge is 2.26. The van der Waals surface area contributed by atoms with E-state index < -0.39 is 0 Å². The second kappa shape index (κ2) is 13.8. The highest BCUT2D eigenvalue weighted by molar-refractivity contribution is 5.91. The summed E-state index contributed by atoms with van der Waals surface area (Å²) in [6.07, 6.45) is 9.67. The fourth-order valence-corrected chi connectivity index (χ4v) is 3.92. The Kier molecular flexibility index (Phi) is 11.9. The van der Waals surface area contributed by atoms with Gasteiger partial charge in [0.1, 0.15) is 11.6 Å². The number of nitrogens with zero attached hydrogens (tertiary/aromatic N) is 3. The average molecular weight is 527 g/mol. The normalized spacial score (nSPS) is 17.1. The third kappa shape index (κ3) is 7.35. The second-order valence-electron chi connectivity index (χ2n) is 7.60. The van der Waals surface area contributed by atoms with Crippen molar-refractivity contribution in [3.63, 3.8) is 0 Å². The number of nitrogens with two attached hydrogens (primary N) is 1. The highest BCUT2D eigenvalue weighted by atomic mass is 35.5. The van der Waals surface area contributed by atoms with E-state index in [1.54, 1.807) is 13.3 Å². The van der Waals surface area contributed by atoms with Crippen LogP contribution in [0.5, 0.6) is 5.75 Å². The smallest absolute Gasteiger partial charge is 0.185 e. The number of halogens is 3. The van der Waals surface area contributed by atoms with Crippen LogP contribution in [0.15, 0.2) is 42.6 Å². The number of rotatable bonds is 6. The van der Waals surface area contributed by atoms with Gasteiger partial charge in [0.15, 0.2) is 11.8 Å². The molecule has 184 valence electrons. The Morgan fingerprint density at radius 1 is 1.06 bits per heavy atom. The number of anilines is 1. The van der Waals surface area contributed by atoms with Gasteiger partial charge in [-0.15, -0.1) is 37.2 Å². The van der Waals surface area contributed by atoms with Crippen LogP contribution >= 0.6 is 37.2 Å². The van der Waals surface area contributed by atoms with Crippen LogP contribution in [-0.2, 0) is 0 Å². The van der Waals surface area contributed by atoms with Gasteiger partial charge >= 0.3 is 0 Å². The van der Waals surface area contributed by atoms with Gasteiger partial charge in [-0.2, -0.15) is 0 Å². The zero-order chi connectivity index (χ0) is 21.6. The van der Waals surface area contributed by atoms with Crippen LogP contribution in [0.25, 0.3) is 23.1 Å². The predicted octanol–water partition coefficient (Wildman–Crippen LogP) is 4.68. The average Bonchev–Trinajstić information content (AvgIpc) is 2.79. The molecule has 5 N–H and O–H groups in total. The topological polar surface area (TPSA) is 122 Å². The molecular formula is C23H30Cl3N7O. The molecule has 0 spiro atoms. The first-order valence-electron chi connectivity index (χ1n) is 10.4. The van der Waals surface area contributed by atoms with Gasteiger partial charge in [0, 0.05) is 23.7 Å². The van der Waals surface area contributed by atoms with Crippen molar-refractivity contribution in [3.05, 3.63) is 54.1 Å². The molecule has 0 radical (unpaired) electrons. The Hall–Kier alpha value is -2.81. The van der Waals surface area contributed by atoms with E-state index in [-0.39, 0.29) is 55.3 Å². The molecular weight excluding hydrogens is 497 g/mol. The first-order valence-corrected chi connectivity index (χ1v) is 10.4. The van der Waals surface area contributed by atoms with Crippen LogP contribution in [0, 0.1) is 5.41 Å². The van der Waals surface area contributed by atoms with Crippen molar-refractivity contribution < 1.29 is 4.74 Å². The third-order valence-corrected chi connectivity index (χ3v) is 5.44. The summed E-state index contributed by atoms with van der Waals surface area (Å²) in [5.74, 6) is 2.08. The predicted molar refractivity (Wildman–Crippen MR) is 146 cm³/mol. The van der Waals surface area contributed by atoms with E-state index in [0.29, 0.717) is 5.82 Å². The summed E-state index contributed by atoms with van der Waals surface area (Å²) in [5.41, 5.74) is 7.28. The lowest BCUT2D eigenvalue weighted by Crippen LogP contribution is -2.50. The Labute approximate surface area is 217 Å². The van der Waals surface area contributed by atoms with E-state index in [2.05, 4.69) is 15.6 Å². The molecule has 0 amide bonds. The van der Waals surface area contributed by atoms with E-state index in [0.717, 1.165) is 53.8 Å². The van der Waals surface area contributed by atoms with E-state index in [1.165, 1.54) is 0 Å². The van der Waals surface area contributed by atoms with Crippen LogP contribution in [0.4, 0.5) is 5.82 Å². The lowest BCUT2D eigenvalue weighted by molar-refractivity contribution is 0.377. The molecule has 3 aromatic rings. The van der Waals surface area contributed by atoms with Crippen molar-refractivity contribution in [2.75, 3.05) is 12.4 Å². The van der Waals surface area contributed by atoms with Crippen LogP contribution < -0.4 is 21.1 Å². The van der Waals surface area contributed by atoms with Gasteiger partial charge in [0.25, 0.3) is 0 Å². The molecule has 2 aromatic heterocycles. The lowest BCUT2D eigenvalue weighted by Gasteiger charge is -2.33. The molecule has 34 heavy (non-hydrogen) atoms. The molecule has 1 aromatic carbocycles. The molecule has 8 nitrogen and oxygen atoms in total. The van der Waals surface area contributed by atoms with E-state index in [9.17, 15) is 0 Å². The van der Waals surface area contributed by atoms with E-state index in [4.69, 9.17) is 25.8 Å². The van der Waals surface area contributed by atoms with Crippen LogP contribution in [-0.4, -0.2) is 40.1 Å². The van der Waals surface area contributed by atoms with Crippen LogP contribution in [0.2, 0.25) is 0 Å². The summed E-state index contributed by atoms with van der Waals surface area (Å²) >= 11 is 0. The fraction of sp³-hybridized carbons (Fsp3) is 0.304. The molecule has 2 heterocycles. The number of methoxy groups -OCH3 is 1. The molecule has 0 bridgehead atoms. The number of fused-ring (bicyclic) bond motifs is 1.